The Kier molecular flexibility index (Phi) is 20.7. The minimum Gasteiger partial charge on any atom is -0.497 e. The molecule has 0 bridgehead atoms. The van der Waals surface area contributed by atoms with Crippen LogP contribution in [0, 0.1) is 17.8 Å². The van der Waals surface area contributed by atoms with E-state index >= 15 is 0 Å². The van der Waals surface area contributed by atoms with Crippen molar-refractivity contribution < 1.29 is 19.0 Å². The van der Waals surface area contributed by atoms with Crippen LogP contribution in [0.3, 0.4) is 0 Å². The lowest BCUT2D eigenvalue weighted by Crippen LogP contribution is -2.70. The zero-order valence-corrected chi connectivity index (χ0v) is 38.5. The summed E-state index contributed by atoms with van der Waals surface area (Å²) < 4.78 is 20.1. The molecule has 0 aliphatic carbocycles. The van der Waals surface area contributed by atoms with Gasteiger partial charge in [-0.25, -0.2) is 0 Å². The van der Waals surface area contributed by atoms with Gasteiger partial charge >= 0.3 is 0 Å². The first-order chi connectivity index (χ1) is 28.6. The first-order valence-electron chi connectivity index (χ1n) is 22.4. The molecular formula is C54H74O4Si. The molecule has 0 radical (unpaired) electrons. The highest BCUT2D eigenvalue weighted by atomic mass is 28.4. The van der Waals surface area contributed by atoms with Gasteiger partial charge in [0.2, 0.25) is 0 Å². The summed E-state index contributed by atoms with van der Waals surface area (Å²) in [4.78, 5) is 0. The minimum absolute atomic E-state index is 0.00104. The first-order valence-corrected chi connectivity index (χ1v) is 24.3. The molecule has 4 rings (SSSR count). The molecule has 0 heterocycles. The summed E-state index contributed by atoms with van der Waals surface area (Å²) in [6, 6.07) is 40.6. The average Bonchev–Trinajstić information content (AvgIpc) is 3.26. The normalized spacial score (nSPS) is 15.4. The highest BCUT2D eigenvalue weighted by molar-refractivity contribution is 7.07. The molecule has 0 aromatic heterocycles. The molecule has 0 fully saturated rings. The predicted octanol–water partition coefficient (Wildman–Crippen LogP) is 11.9. The zero-order chi connectivity index (χ0) is 42.5. The fourth-order valence-electron chi connectivity index (χ4n) is 8.63. The van der Waals surface area contributed by atoms with Crippen molar-refractivity contribution in [3.8, 4) is 5.75 Å². The Morgan fingerprint density at radius 3 is 1.64 bits per heavy atom. The van der Waals surface area contributed by atoms with Crippen LogP contribution in [-0.4, -0.2) is 39.3 Å². The number of ether oxygens (including phenoxy) is 2. The molecule has 5 heteroatoms. The number of hydrogen-bond acceptors (Lipinski definition) is 4. The Balaban J connectivity index is 1.68. The molecule has 0 saturated carbocycles. The monoisotopic (exact) mass is 815 g/mol. The summed E-state index contributed by atoms with van der Waals surface area (Å²) in [6.07, 6.45) is 18.4. The van der Waals surface area contributed by atoms with Crippen LogP contribution >= 0.6 is 0 Å². The summed E-state index contributed by atoms with van der Waals surface area (Å²) in [5.74, 6) is 1.46. The molecule has 4 aromatic carbocycles. The lowest BCUT2D eigenvalue weighted by Gasteiger charge is -2.39. The van der Waals surface area contributed by atoms with Crippen LogP contribution in [0.15, 0.2) is 150 Å². The van der Waals surface area contributed by atoms with Crippen molar-refractivity contribution in [2.45, 2.75) is 125 Å². The number of aliphatic hydroxyl groups is 1. The van der Waals surface area contributed by atoms with E-state index in [1.165, 1.54) is 72.5 Å². The van der Waals surface area contributed by atoms with Gasteiger partial charge in [0.15, 0.2) is 0 Å². The lowest BCUT2D eigenvalue weighted by atomic mass is 9.87. The number of benzene rings is 4. The van der Waals surface area contributed by atoms with Crippen LogP contribution in [0.2, 0.25) is 0 Å². The molecule has 4 aromatic rings. The molecule has 1 N–H and O–H groups in total. The molecule has 0 spiro atoms. The highest BCUT2D eigenvalue weighted by Crippen LogP contribution is 2.29. The smallest absolute Gasteiger partial charge is 0.288 e. The summed E-state index contributed by atoms with van der Waals surface area (Å²) in [7, 11) is -1.34. The molecule has 318 valence electrons. The molecule has 0 aliphatic rings. The fraction of sp³-hybridized carbons (Fsp3) is 0.444. The van der Waals surface area contributed by atoms with Crippen LogP contribution in [0.25, 0.3) is 0 Å². The van der Waals surface area contributed by atoms with Crippen molar-refractivity contribution >= 4 is 23.9 Å². The number of aliphatic hydroxyl groups excluding tert-OH is 1. The van der Waals surface area contributed by atoms with E-state index in [1.807, 2.05) is 19.1 Å². The summed E-state index contributed by atoms with van der Waals surface area (Å²) >= 11 is 0. The van der Waals surface area contributed by atoms with Gasteiger partial charge in [0.1, 0.15) is 5.75 Å². The summed E-state index contributed by atoms with van der Waals surface area (Å²) in [5.41, 5.74) is 4.44. The van der Waals surface area contributed by atoms with Gasteiger partial charge in [-0.1, -0.05) is 212 Å². The highest BCUT2D eigenvalue weighted by Gasteiger charge is 2.44. The van der Waals surface area contributed by atoms with Crippen molar-refractivity contribution in [1.29, 1.82) is 0 Å². The first kappa shape index (κ1) is 47.7. The maximum Gasteiger partial charge on any atom is 0.288 e. The second-order valence-corrected chi connectivity index (χ2v) is 20.2. The van der Waals surface area contributed by atoms with Gasteiger partial charge in [0, 0.05) is 11.8 Å². The van der Waals surface area contributed by atoms with Gasteiger partial charge in [0.05, 0.1) is 32.5 Å². The molecular weight excluding hydrogens is 741 g/mol. The van der Waals surface area contributed by atoms with Gasteiger partial charge < -0.3 is 19.0 Å². The lowest BCUT2D eigenvalue weighted by molar-refractivity contribution is -0.0193. The van der Waals surface area contributed by atoms with Crippen LogP contribution in [-0.2, 0) is 15.8 Å². The summed E-state index contributed by atoms with van der Waals surface area (Å²) in [6.45, 7) is 16.2. The number of methoxy groups -OCH3 is 1. The largest absolute Gasteiger partial charge is 0.497 e. The number of allylic oxidation sites excluding steroid dienone is 2. The minimum atomic E-state index is -3.05. The van der Waals surface area contributed by atoms with E-state index in [-0.39, 0.29) is 30.7 Å². The van der Waals surface area contributed by atoms with Crippen molar-refractivity contribution in [1.82, 2.24) is 0 Å². The maximum absolute atomic E-state index is 10.1. The zero-order valence-electron chi connectivity index (χ0n) is 37.5. The van der Waals surface area contributed by atoms with Gasteiger partial charge in [-0.2, -0.15) is 0 Å². The van der Waals surface area contributed by atoms with Gasteiger partial charge in [-0.05, 0) is 71.9 Å². The van der Waals surface area contributed by atoms with Crippen LogP contribution in [0.4, 0.5) is 0 Å². The van der Waals surface area contributed by atoms with Crippen molar-refractivity contribution in [3.05, 3.63) is 156 Å². The number of rotatable bonds is 26. The Labute approximate surface area is 359 Å². The SMILES string of the molecule is CCCCCCCCCC[C@H](C)[C@@H](OCc1ccc(OC)cc1)[C@@H](C)/C=C(C)/C=C(\C)[C@H](O[Si](c1ccccc1)(c1ccccc1)c1ccccc1)[C@H](C)/C=C(\C)CO. The van der Waals surface area contributed by atoms with E-state index in [1.54, 1.807) is 7.11 Å². The number of unbranched alkanes of at least 4 members (excludes halogenated alkanes) is 7. The van der Waals surface area contributed by atoms with Crippen molar-refractivity contribution in [2.24, 2.45) is 17.8 Å². The molecule has 59 heavy (non-hydrogen) atoms. The molecule has 0 unspecified atom stereocenters. The van der Waals surface area contributed by atoms with E-state index < -0.39 is 8.32 Å². The third kappa shape index (κ3) is 14.6. The van der Waals surface area contributed by atoms with E-state index in [9.17, 15) is 5.11 Å². The quantitative estimate of drug-likeness (QED) is 0.0225. The van der Waals surface area contributed by atoms with Gasteiger partial charge in [-0.15, -0.1) is 0 Å². The molecule has 5 atom stereocenters. The Morgan fingerprint density at radius 1 is 0.644 bits per heavy atom. The van der Waals surface area contributed by atoms with E-state index in [2.05, 4.69) is 163 Å². The van der Waals surface area contributed by atoms with Crippen molar-refractivity contribution in [2.75, 3.05) is 13.7 Å². The van der Waals surface area contributed by atoms with Crippen LogP contribution in [0.5, 0.6) is 5.75 Å². The fourth-order valence-corrected chi connectivity index (χ4v) is 12.8. The third-order valence-electron chi connectivity index (χ3n) is 11.7. The van der Waals surface area contributed by atoms with E-state index in [0.717, 1.165) is 28.9 Å². The average molecular weight is 815 g/mol. The van der Waals surface area contributed by atoms with Crippen molar-refractivity contribution in [3.63, 3.8) is 0 Å². The summed E-state index contributed by atoms with van der Waals surface area (Å²) in [5, 5.41) is 13.7. The molecule has 0 amide bonds. The van der Waals surface area contributed by atoms with E-state index in [4.69, 9.17) is 13.9 Å². The maximum atomic E-state index is 10.1. The second kappa shape index (κ2) is 25.6. The van der Waals surface area contributed by atoms with E-state index in [0.29, 0.717) is 12.5 Å². The Hall–Kier alpha value is -4.00. The second-order valence-electron chi connectivity index (χ2n) is 16.9. The van der Waals surface area contributed by atoms with Crippen LogP contribution in [0.1, 0.15) is 112 Å². The molecule has 0 aliphatic heterocycles. The Morgan fingerprint density at radius 2 is 1.15 bits per heavy atom. The molecule has 4 nitrogen and oxygen atoms in total. The predicted molar refractivity (Wildman–Crippen MR) is 254 cm³/mol. The molecule has 0 saturated heterocycles. The standard InChI is InChI=1S/C54H74O4Si/c1-9-10-11-12-13-14-15-19-26-44(4)53(57-41-48-33-35-49(56-8)36-34-48)45(5)37-42(2)38-46(6)54(47(7)39-43(3)40-55)58-59(50-27-20-16-21-28-50,51-29-22-17-23-30-51)52-31-24-18-25-32-52/h16-18,20-25,27-39,44-45,47,53-55H,9-15,19,26,40-41H2,1-8H3/b42-37+,43-39+,46-38+/t44-,45-,47+,53+,54-/m0/s1. The Bertz CT molecular complexity index is 1740. The van der Waals surface area contributed by atoms with Gasteiger partial charge in [0.25, 0.3) is 8.32 Å². The third-order valence-corrected chi connectivity index (χ3v) is 15.8. The van der Waals surface area contributed by atoms with Crippen LogP contribution < -0.4 is 20.3 Å². The van der Waals surface area contributed by atoms with Gasteiger partial charge in [-0.3, -0.25) is 0 Å². The topological polar surface area (TPSA) is 47.9 Å². The number of hydrogen-bond donors (Lipinski definition) is 1.